The molecule has 0 bridgehead atoms. The van der Waals surface area contributed by atoms with Crippen molar-refractivity contribution in [2.75, 3.05) is 5.32 Å². The highest BCUT2D eigenvalue weighted by Gasteiger charge is 2.29. The lowest BCUT2D eigenvalue weighted by molar-refractivity contribution is -0.125. The molecule has 1 amide bonds. The lowest BCUT2D eigenvalue weighted by Gasteiger charge is -2.11. The quantitative estimate of drug-likeness (QED) is 0.718. The smallest absolute Gasteiger partial charge is 0.268 e. The van der Waals surface area contributed by atoms with Crippen molar-refractivity contribution in [1.29, 1.82) is 0 Å². The van der Waals surface area contributed by atoms with E-state index in [1.54, 1.807) is 13.0 Å². The van der Waals surface area contributed by atoms with E-state index in [-0.39, 0.29) is 11.6 Å². The van der Waals surface area contributed by atoms with E-state index < -0.39 is 11.9 Å². The fourth-order valence-corrected chi connectivity index (χ4v) is 3.60. The first-order chi connectivity index (χ1) is 13.0. The molecule has 0 radical (unpaired) electrons. The Kier molecular flexibility index (Phi) is 4.58. The number of halogens is 2. The maximum atomic E-state index is 14.1. The number of aryl methyl sites for hydroxylation is 1. The summed E-state index contributed by atoms with van der Waals surface area (Å²) in [5, 5.41) is 17.6. The lowest BCUT2D eigenvalue weighted by Crippen LogP contribution is -2.28. The number of hydrogen-bond donors (Lipinski definition) is 1. The topological polar surface area (TPSA) is 94.3 Å². The highest BCUT2D eigenvalue weighted by atomic mass is 35.5. The molecule has 3 heterocycles. The Morgan fingerprint density at radius 3 is 2.96 bits per heavy atom. The van der Waals surface area contributed by atoms with Gasteiger partial charge in [0, 0.05) is 12.1 Å². The normalized spacial score (nSPS) is 16.1. The van der Waals surface area contributed by atoms with Crippen molar-refractivity contribution >= 4 is 40.2 Å². The van der Waals surface area contributed by atoms with Crippen LogP contribution in [0.15, 0.2) is 35.5 Å². The summed E-state index contributed by atoms with van der Waals surface area (Å²) in [6.45, 7) is 1.65. The molecule has 8 nitrogen and oxygen atoms in total. The van der Waals surface area contributed by atoms with Crippen molar-refractivity contribution in [3.05, 3.63) is 51.2 Å². The maximum absolute atomic E-state index is 14.1. The van der Waals surface area contributed by atoms with Crippen LogP contribution in [-0.2, 0) is 9.63 Å². The van der Waals surface area contributed by atoms with Gasteiger partial charge in [0.05, 0.1) is 9.21 Å². The van der Waals surface area contributed by atoms with Gasteiger partial charge in [0.1, 0.15) is 17.2 Å². The molecule has 11 heteroatoms. The summed E-state index contributed by atoms with van der Waals surface area (Å²) in [7, 11) is 0. The van der Waals surface area contributed by atoms with Crippen molar-refractivity contribution in [3.8, 4) is 5.69 Å². The van der Waals surface area contributed by atoms with Gasteiger partial charge in [-0.3, -0.25) is 4.79 Å². The molecule has 0 spiro atoms. The molecule has 2 aromatic heterocycles. The Hall–Kier alpha value is -2.85. The van der Waals surface area contributed by atoms with Crippen LogP contribution < -0.4 is 5.32 Å². The molecule has 1 aromatic carbocycles. The summed E-state index contributed by atoms with van der Waals surface area (Å²) < 4.78 is 16.0. The number of rotatable bonds is 4. The van der Waals surface area contributed by atoms with Gasteiger partial charge >= 0.3 is 0 Å². The molecule has 3 aromatic rings. The van der Waals surface area contributed by atoms with Crippen molar-refractivity contribution in [3.63, 3.8) is 0 Å². The third-order valence-electron chi connectivity index (χ3n) is 3.89. The molecule has 1 unspecified atom stereocenters. The van der Waals surface area contributed by atoms with Crippen LogP contribution in [0.4, 0.5) is 10.1 Å². The first-order valence-corrected chi connectivity index (χ1v) is 9.05. The second kappa shape index (κ2) is 7.05. The zero-order valence-electron chi connectivity index (χ0n) is 13.9. The number of amides is 1. The maximum Gasteiger partial charge on any atom is 0.268 e. The van der Waals surface area contributed by atoms with Crippen LogP contribution in [0, 0.1) is 12.7 Å². The van der Waals surface area contributed by atoms with E-state index in [4.69, 9.17) is 16.4 Å². The molecular formula is C16H12ClFN6O2S. The predicted octanol–water partition coefficient (Wildman–Crippen LogP) is 2.96. The van der Waals surface area contributed by atoms with Crippen LogP contribution >= 0.6 is 22.9 Å². The summed E-state index contributed by atoms with van der Waals surface area (Å²) >= 11 is 7.29. The number of thiophene rings is 1. The van der Waals surface area contributed by atoms with Gasteiger partial charge in [-0.25, -0.2) is 4.39 Å². The number of hydrogen-bond acceptors (Lipinski definition) is 7. The number of anilines is 1. The van der Waals surface area contributed by atoms with E-state index in [1.807, 2.05) is 6.07 Å². The van der Waals surface area contributed by atoms with E-state index in [9.17, 15) is 9.18 Å². The minimum absolute atomic E-state index is 0.132. The first kappa shape index (κ1) is 17.6. The first-order valence-electron chi connectivity index (χ1n) is 7.85. The minimum atomic E-state index is -0.774. The van der Waals surface area contributed by atoms with Gasteiger partial charge < -0.3 is 10.2 Å². The zero-order valence-corrected chi connectivity index (χ0v) is 15.5. The van der Waals surface area contributed by atoms with Gasteiger partial charge in [-0.1, -0.05) is 16.8 Å². The summed E-state index contributed by atoms with van der Waals surface area (Å²) in [6.07, 6.45) is -0.452. The monoisotopic (exact) mass is 406 g/mol. The summed E-state index contributed by atoms with van der Waals surface area (Å²) in [5.74, 6) is -0.479. The van der Waals surface area contributed by atoms with Gasteiger partial charge in [-0.05, 0) is 47.7 Å². The number of benzene rings is 1. The van der Waals surface area contributed by atoms with Gasteiger partial charge in [0.2, 0.25) is 6.10 Å². The van der Waals surface area contributed by atoms with E-state index >= 15 is 0 Å². The third kappa shape index (κ3) is 3.53. The summed E-state index contributed by atoms with van der Waals surface area (Å²) in [6, 6.07) is 7.73. The third-order valence-corrected chi connectivity index (χ3v) is 5.17. The fourth-order valence-electron chi connectivity index (χ4n) is 2.56. The predicted molar refractivity (Wildman–Crippen MR) is 97.8 cm³/mol. The molecule has 4 rings (SSSR count). The number of aromatic nitrogens is 4. The highest BCUT2D eigenvalue weighted by molar-refractivity contribution is 7.18. The molecule has 1 aliphatic rings. The average Bonchev–Trinajstić information content (AvgIpc) is 3.37. The largest absolute Gasteiger partial charge is 0.382 e. The molecule has 0 aliphatic carbocycles. The molecule has 27 heavy (non-hydrogen) atoms. The van der Waals surface area contributed by atoms with Crippen LogP contribution in [0.5, 0.6) is 0 Å². The Balaban J connectivity index is 1.47. The average molecular weight is 407 g/mol. The van der Waals surface area contributed by atoms with Gasteiger partial charge in [-0.15, -0.1) is 16.4 Å². The van der Waals surface area contributed by atoms with Crippen molar-refractivity contribution < 1.29 is 14.0 Å². The molecule has 1 aliphatic heterocycles. The van der Waals surface area contributed by atoms with E-state index in [2.05, 4.69) is 26.0 Å². The number of nitrogens with one attached hydrogen (secondary N) is 1. The van der Waals surface area contributed by atoms with E-state index in [1.165, 1.54) is 34.2 Å². The summed E-state index contributed by atoms with van der Waals surface area (Å²) in [4.78, 5) is 18.6. The van der Waals surface area contributed by atoms with Crippen LogP contribution in [0.25, 0.3) is 5.69 Å². The van der Waals surface area contributed by atoms with Crippen molar-refractivity contribution in [1.82, 2.24) is 20.2 Å². The second-order valence-corrected chi connectivity index (χ2v) is 7.45. The summed E-state index contributed by atoms with van der Waals surface area (Å²) in [5.41, 5.74) is 1.19. The molecule has 0 saturated heterocycles. The van der Waals surface area contributed by atoms with Crippen LogP contribution in [0.3, 0.4) is 0 Å². The number of carbonyl (C=O) groups is 1. The second-order valence-electron chi connectivity index (χ2n) is 5.73. The van der Waals surface area contributed by atoms with E-state index in [0.717, 1.165) is 4.88 Å². The van der Waals surface area contributed by atoms with Crippen LogP contribution in [0.2, 0.25) is 4.34 Å². The van der Waals surface area contributed by atoms with Gasteiger partial charge in [0.15, 0.2) is 5.82 Å². The molecule has 138 valence electrons. The number of oxime groups is 1. The Morgan fingerprint density at radius 2 is 2.26 bits per heavy atom. The molecule has 0 saturated carbocycles. The Labute approximate surface area is 161 Å². The Bertz CT molecular complexity index is 1050. The standard InChI is InChI=1S/C16H12ClFN6O2S/c1-8-20-22-23-24(8)12-6-9(2-3-10(12)18)19-16(25)13-7-11(21-26-13)14-4-5-15(17)27-14/h2-6,13H,7H2,1H3,(H,19,25). The number of nitrogens with zero attached hydrogens (tertiary/aromatic N) is 5. The van der Waals surface area contributed by atoms with E-state index in [0.29, 0.717) is 28.0 Å². The van der Waals surface area contributed by atoms with Crippen molar-refractivity contribution in [2.24, 2.45) is 5.16 Å². The minimum Gasteiger partial charge on any atom is -0.382 e. The molecule has 1 N–H and O–H groups in total. The van der Waals surface area contributed by atoms with Gasteiger partial charge in [0.25, 0.3) is 5.91 Å². The molecular weight excluding hydrogens is 395 g/mol. The number of carbonyl (C=O) groups excluding carboxylic acids is 1. The zero-order chi connectivity index (χ0) is 19.0. The highest BCUT2D eigenvalue weighted by Crippen LogP contribution is 2.27. The fraction of sp³-hybridized carbons (Fsp3) is 0.188. The number of tetrazole rings is 1. The SMILES string of the molecule is Cc1nnnn1-c1cc(NC(=O)C2CC(c3ccc(Cl)s3)=NO2)ccc1F. The van der Waals surface area contributed by atoms with Gasteiger partial charge in [-0.2, -0.15) is 4.68 Å². The van der Waals surface area contributed by atoms with Crippen LogP contribution in [0.1, 0.15) is 17.1 Å². The molecule has 0 fully saturated rings. The Morgan fingerprint density at radius 1 is 1.41 bits per heavy atom. The lowest BCUT2D eigenvalue weighted by atomic mass is 10.1. The molecule has 1 atom stereocenters. The van der Waals surface area contributed by atoms with Crippen molar-refractivity contribution in [2.45, 2.75) is 19.4 Å². The van der Waals surface area contributed by atoms with Crippen LogP contribution in [-0.4, -0.2) is 37.9 Å².